The molecule has 2 rings (SSSR count). The Bertz CT molecular complexity index is 538. The van der Waals surface area contributed by atoms with E-state index in [0.717, 1.165) is 12.8 Å². The zero-order valence-electron chi connectivity index (χ0n) is 10.9. The van der Waals surface area contributed by atoms with Crippen LogP contribution in [0, 0.1) is 5.92 Å². The summed E-state index contributed by atoms with van der Waals surface area (Å²) in [5.74, 6) is -1.26. The molecule has 0 aromatic heterocycles. The molecular formula is C14H16N2O4. The first-order chi connectivity index (χ1) is 9.54. The van der Waals surface area contributed by atoms with Gasteiger partial charge < -0.3 is 15.7 Å². The number of rotatable bonds is 6. The van der Waals surface area contributed by atoms with Gasteiger partial charge in [-0.25, -0.2) is 0 Å². The first-order valence-corrected chi connectivity index (χ1v) is 6.47. The number of amides is 2. The third-order valence-electron chi connectivity index (χ3n) is 2.93. The topological polar surface area (TPSA) is 95.5 Å². The zero-order valence-corrected chi connectivity index (χ0v) is 10.9. The molecule has 6 heteroatoms. The van der Waals surface area contributed by atoms with Gasteiger partial charge in [0.1, 0.15) is 0 Å². The van der Waals surface area contributed by atoms with Crippen molar-refractivity contribution in [3.8, 4) is 0 Å². The average Bonchev–Trinajstić information content (AvgIpc) is 3.21. The first kappa shape index (κ1) is 14.0. The van der Waals surface area contributed by atoms with E-state index in [1.807, 2.05) is 0 Å². The van der Waals surface area contributed by atoms with Crippen molar-refractivity contribution in [3.63, 3.8) is 0 Å². The average molecular weight is 276 g/mol. The Balaban J connectivity index is 1.89. The molecule has 20 heavy (non-hydrogen) atoms. The van der Waals surface area contributed by atoms with Crippen molar-refractivity contribution in [2.45, 2.75) is 25.7 Å². The smallest absolute Gasteiger partial charge is 0.303 e. The number of hydrogen-bond donors (Lipinski definition) is 3. The minimum atomic E-state index is -1.01. The van der Waals surface area contributed by atoms with Gasteiger partial charge in [0, 0.05) is 23.7 Å². The summed E-state index contributed by atoms with van der Waals surface area (Å²) in [5.41, 5.74) is 1.16. The fourth-order valence-corrected chi connectivity index (χ4v) is 1.71. The summed E-state index contributed by atoms with van der Waals surface area (Å²) in [6.45, 7) is 0. The van der Waals surface area contributed by atoms with Crippen LogP contribution in [0.1, 0.15) is 25.7 Å². The highest BCUT2D eigenvalue weighted by Gasteiger charge is 2.29. The summed E-state index contributed by atoms with van der Waals surface area (Å²) in [6, 6.07) is 6.80. The number of nitrogens with one attached hydrogen (secondary N) is 2. The number of carbonyl (C=O) groups excluding carboxylic acids is 2. The van der Waals surface area contributed by atoms with Crippen molar-refractivity contribution in [2.75, 3.05) is 10.6 Å². The molecule has 1 aromatic carbocycles. The number of benzene rings is 1. The van der Waals surface area contributed by atoms with Gasteiger partial charge >= 0.3 is 5.97 Å². The summed E-state index contributed by atoms with van der Waals surface area (Å²) in [5, 5.41) is 13.9. The van der Waals surface area contributed by atoms with E-state index < -0.39 is 5.97 Å². The molecule has 1 aliphatic rings. The fourth-order valence-electron chi connectivity index (χ4n) is 1.71. The molecule has 0 bridgehead atoms. The lowest BCUT2D eigenvalue weighted by molar-refractivity contribution is -0.138. The van der Waals surface area contributed by atoms with E-state index in [0.29, 0.717) is 11.4 Å². The molecule has 1 aromatic rings. The highest BCUT2D eigenvalue weighted by atomic mass is 16.4. The van der Waals surface area contributed by atoms with Crippen molar-refractivity contribution >= 4 is 29.2 Å². The Morgan fingerprint density at radius 2 is 1.75 bits per heavy atom. The number of anilines is 2. The van der Waals surface area contributed by atoms with Gasteiger partial charge in [-0.3, -0.25) is 14.4 Å². The fraction of sp³-hybridized carbons (Fsp3) is 0.357. The molecule has 0 unspecified atom stereocenters. The molecule has 106 valence electrons. The standard InChI is InChI=1S/C14H16N2O4/c17-12(6-7-13(18)19)15-10-2-1-3-11(8-10)16-14(20)9-4-5-9/h1-3,8-9H,4-7H2,(H,15,17)(H,16,20)(H,18,19). The molecule has 3 N–H and O–H groups in total. The number of carboxylic acid groups (broad SMARTS) is 1. The molecular weight excluding hydrogens is 260 g/mol. The van der Waals surface area contributed by atoms with Gasteiger partial charge in [-0.1, -0.05) is 6.07 Å². The van der Waals surface area contributed by atoms with Gasteiger partial charge in [0.25, 0.3) is 0 Å². The van der Waals surface area contributed by atoms with Crippen LogP contribution in [0.3, 0.4) is 0 Å². The molecule has 0 radical (unpaired) electrons. The predicted octanol–water partition coefficient (Wildman–Crippen LogP) is 1.84. The number of hydrogen-bond acceptors (Lipinski definition) is 3. The Morgan fingerprint density at radius 1 is 1.10 bits per heavy atom. The Kier molecular flexibility index (Phi) is 4.34. The number of carbonyl (C=O) groups is 3. The van der Waals surface area contributed by atoms with E-state index in [4.69, 9.17) is 5.11 Å². The van der Waals surface area contributed by atoms with Crippen molar-refractivity contribution in [3.05, 3.63) is 24.3 Å². The summed E-state index contributed by atoms with van der Waals surface area (Å²) in [7, 11) is 0. The normalized spacial score (nSPS) is 13.6. The third-order valence-corrected chi connectivity index (χ3v) is 2.93. The van der Waals surface area contributed by atoms with Crippen molar-refractivity contribution in [2.24, 2.45) is 5.92 Å². The number of aliphatic carboxylic acids is 1. The quantitative estimate of drug-likeness (QED) is 0.738. The lowest BCUT2D eigenvalue weighted by atomic mass is 10.2. The monoisotopic (exact) mass is 276 g/mol. The van der Waals surface area contributed by atoms with Crippen LogP contribution in [-0.4, -0.2) is 22.9 Å². The van der Waals surface area contributed by atoms with Gasteiger partial charge in [0.05, 0.1) is 6.42 Å². The van der Waals surface area contributed by atoms with Crippen molar-refractivity contribution < 1.29 is 19.5 Å². The van der Waals surface area contributed by atoms with Crippen LogP contribution in [0.4, 0.5) is 11.4 Å². The largest absolute Gasteiger partial charge is 0.481 e. The van der Waals surface area contributed by atoms with Gasteiger partial charge in [0.15, 0.2) is 0 Å². The van der Waals surface area contributed by atoms with E-state index in [2.05, 4.69) is 10.6 Å². The van der Waals surface area contributed by atoms with Gasteiger partial charge in [-0.15, -0.1) is 0 Å². The van der Waals surface area contributed by atoms with E-state index in [1.165, 1.54) is 0 Å². The molecule has 0 heterocycles. The molecule has 1 saturated carbocycles. The highest BCUT2D eigenvalue weighted by molar-refractivity contribution is 5.96. The van der Waals surface area contributed by atoms with Crippen LogP contribution in [0.25, 0.3) is 0 Å². The van der Waals surface area contributed by atoms with Crippen LogP contribution >= 0.6 is 0 Å². The zero-order chi connectivity index (χ0) is 14.5. The SMILES string of the molecule is O=C(O)CCC(=O)Nc1cccc(NC(=O)C2CC2)c1. The minimum Gasteiger partial charge on any atom is -0.481 e. The molecule has 0 spiro atoms. The second kappa shape index (κ2) is 6.18. The molecule has 1 aliphatic carbocycles. The summed E-state index contributed by atoms with van der Waals surface area (Å²) in [4.78, 5) is 33.5. The highest BCUT2D eigenvalue weighted by Crippen LogP contribution is 2.30. The molecule has 0 atom stereocenters. The molecule has 0 aliphatic heterocycles. The third kappa shape index (κ3) is 4.38. The Morgan fingerprint density at radius 3 is 2.35 bits per heavy atom. The molecule has 1 fully saturated rings. The maximum absolute atomic E-state index is 11.6. The van der Waals surface area contributed by atoms with E-state index >= 15 is 0 Å². The van der Waals surface area contributed by atoms with Gasteiger partial charge in [-0.2, -0.15) is 0 Å². The van der Waals surface area contributed by atoms with E-state index in [9.17, 15) is 14.4 Å². The predicted molar refractivity (Wildman–Crippen MR) is 73.3 cm³/mol. The van der Waals surface area contributed by atoms with Gasteiger partial charge in [-0.05, 0) is 31.0 Å². The van der Waals surface area contributed by atoms with Crippen molar-refractivity contribution in [1.82, 2.24) is 0 Å². The summed E-state index contributed by atoms with van der Waals surface area (Å²) < 4.78 is 0. The van der Waals surface area contributed by atoms with Crippen LogP contribution < -0.4 is 10.6 Å². The maximum Gasteiger partial charge on any atom is 0.303 e. The van der Waals surface area contributed by atoms with E-state index in [1.54, 1.807) is 24.3 Å². The van der Waals surface area contributed by atoms with Crippen molar-refractivity contribution in [1.29, 1.82) is 0 Å². The second-order valence-corrected chi connectivity index (χ2v) is 4.79. The summed E-state index contributed by atoms with van der Waals surface area (Å²) in [6.07, 6.45) is 1.58. The molecule has 0 saturated heterocycles. The van der Waals surface area contributed by atoms with Crippen LogP contribution in [0.5, 0.6) is 0 Å². The number of carboxylic acids is 1. The van der Waals surface area contributed by atoms with Crippen LogP contribution in [0.2, 0.25) is 0 Å². The molecule has 2 amide bonds. The lowest BCUT2D eigenvalue weighted by Crippen LogP contribution is -2.15. The van der Waals surface area contributed by atoms with Crippen LogP contribution in [-0.2, 0) is 14.4 Å². The van der Waals surface area contributed by atoms with Gasteiger partial charge in [0.2, 0.25) is 11.8 Å². The lowest BCUT2D eigenvalue weighted by Gasteiger charge is -2.08. The Hall–Kier alpha value is -2.37. The van der Waals surface area contributed by atoms with E-state index in [-0.39, 0.29) is 30.6 Å². The Labute approximate surface area is 116 Å². The second-order valence-electron chi connectivity index (χ2n) is 4.79. The summed E-state index contributed by atoms with van der Waals surface area (Å²) >= 11 is 0. The van der Waals surface area contributed by atoms with Crippen LogP contribution in [0.15, 0.2) is 24.3 Å². The maximum atomic E-state index is 11.6. The minimum absolute atomic E-state index is 0.000598. The first-order valence-electron chi connectivity index (χ1n) is 6.47. The molecule has 6 nitrogen and oxygen atoms in total.